The van der Waals surface area contributed by atoms with Crippen molar-refractivity contribution in [2.24, 2.45) is 5.41 Å². The minimum absolute atomic E-state index is 0.0226. The number of amides is 1. The molecule has 0 radical (unpaired) electrons. The Kier molecular flexibility index (Phi) is 25.7. The molecular formula is C54H79NO13S. The van der Waals surface area contributed by atoms with Crippen LogP contribution in [0.2, 0.25) is 0 Å². The van der Waals surface area contributed by atoms with E-state index < -0.39 is 59.4 Å². The minimum atomic E-state index is -4.81. The van der Waals surface area contributed by atoms with Gasteiger partial charge in [-0.3, -0.25) is 9.35 Å². The molecule has 15 heteroatoms. The quantitative estimate of drug-likeness (QED) is 0.0325. The molecule has 0 saturated carbocycles. The van der Waals surface area contributed by atoms with Crippen molar-refractivity contribution in [3.8, 4) is 5.75 Å². The summed E-state index contributed by atoms with van der Waals surface area (Å²) in [5.41, 5.74) is 1.44. The molecule has 0 aromatic heterocycles. The molecule has 384 valence electrons. The number of hydrogen-bond donors (Lipinski definition) is 2. The highest BCUT2D eigenvalue weighted by Crippen LogP contribution is 2.35. The Hall–Kier alpha value is -3.74. The van der Waals surface area contributed by atoms with Crippen molar-refractivity contribution in [3.63, 3.8) is 0 Å². The van der Waals surface area contributed by atoms with Gasteiger partial charge in [0.2, 0.25) is 5.91 Å². The van der Waals surface area contributed by atoms with E-state index in [0.29, 0.717) is 18.8 Å². The SMILES string of the molecule is C=CCCC(=O)N[C@H]1[C@@H](OCCCCCCCCCCCCCCCC)O[C@H](COCC2(COS(=O)(=O)O)COC(c3ccc(OC)cc3)OC2)[C@@H](OCc2ccccc2)[C@@H]1OCc1ccccc1. The van der Waals surface area contributed by atoms with Gasteiger partial charge in [0.05, 0.1) is 58.8 Å². The summed E-state index contributed by atoms with van der Waals surface area (Å²) in [5, 5.41) is 3.19. The first-order chi connectivity index (χ1) is 33.6. The van der Waals surface area contributed by atoms with Gasteiger partial charge in [-0.05, 0) is 36.1 Å². The molecule has 0 unspecified atom stereocenters. The van der Waals surface area contributed by atoms with Crippen LogP contribution in [0.1, 0.15) is 133 Å². The fourth-order valence-electron chi connectivity index (χ4n) is 8.60. The molecule has 5 atom stereocenters. The number of unbranched alkanes of at least 4 members (excludes halogenated alkanes) is 13. The first-order valence-corrected chi connectivity index (χ1v) is 26.5. The summed E-state index contributed by atoms with van der Waals surface area (Å²) in [6.07, 6.45) is 15.7. The molecule has 5 rings (SSSR count). The first kappa shape index (κ1) is 56.2. The number of allylic oxidation sites excluding steroid dienone is 1. The Balaban J connectivity index is 1.31. The predicted molar refractivity (Wildman–Crippen MR) is 265 cm³/mol. The Morgan fingerprint density at radius 3 is 1.84 bits per heavy atom. The maximum absolute atomic E-state index is 13.6. The van der Waals surface area contributed by atoms with Gasteiger partial charge in [-0.25, -0.2) is 4.18 Å². The molecular weight excluding hydrogens is 903 g/mol. The van der Waals surface area contributed by atoms with Crippen LogP contribution in [0.25, 0.3) is 0 Å². The van der Waals surface area contributed by atoms with Gasteiger partial charge in [-0.15, -0.1) is 6.58 Å². The van der Waals surface area contributed by atoms with Crippen LogP contribution in [0.5, 0.6) is 5.75 Å². The number of carbonyl (C=O) groups is 1. The molecule has 3 aromatic carbocycles. The lowest BCUT2D eigenvalue weighted by Crippen LogP contribution is -2.66. The van der Waals surface area contributed by atoms with E-state index in [0.717, 1.165) is 36.0 Å². The van der Waals surface area contributed by atoms with Crippen LogP contribution in [-0.2, 0) is 65.7 Å². The van der Waals surface area contributed by atoms with Crippen molar-refractivity contribution >= 4 is 16.3 Å². The summed E-state index contributed by atoms with van der Waals surface area (Å²) >= 11 is 0. The minimum Gasteiger partial charge on any atom is -0.497 e. The molecule has 0 aliphatic carbocycles. The number of benzene rings is 3. The second-order valence-electron chi connectivity index (χ2n) is 18.4. The van der Waals surface area contributed by atoms with Gasteiger partial charge in [-0.1, -0.05) is 169 Å². The van der Waals surface area contributed by atoms with Crippen molar-refractivity contribution < 1.29 is 59.8 Å². The number of hydrogen-bond acceptors (Lipinski definition) is 12. The molecule has 2 aliphatic rings. The molecule has 0 spiro atoms. The largest absolute Gasteiger partial charge is 0.497 e. The third-order valence-corrected chi connectivity index (χ3v) is 13.0. The number of ether oxygens (including phenoxy) is 8. The number of methoxy groups -OCH3 is 1. The standard InChI is InChI=1S/C54H79NO13S/c1-4-6-8-9-10-11-12-13-14-15-16-17-18-25-35-62-53-49(55-48(56)30-7-5-2)51(64-37-44-28-23-20-24-29-44)50(63-36-43-26-21-19-22-27-43)47(68-53)38-61-39-54(42-67-69(57,58)59)40-65-52(66-41-54)45-31-33-46(60-3)34-32-45/h5,19-24,26-29,31-34,47,49-53H,2,4,6-18,25,30,35-42H2,1,3H3,(H,55,56)(H,57,58,59)/t47-,49-,50-,51-,52?,53+,54?/m1/s1. The zero-order valence-electron chi connectivity index (χ0n) is 41.1. The van der Waals surface area contributed by atoms with E-state index in [-0.39, 0.29) is 52.0 Å². The molecule has 2 aliphatic heterocycles. The van der Waals surface area contributed by atoms with Crippen LogP contribution >= 0.6 is 0 Å². The topological polar surface area (TPSA) is 167 Å². The van der Waals surface area contributed by atoms with Crippen LogP contribution in [-0.4, -0.2) is 96.3 Å². The van der Waals surface area contributed by atoms with E-state index >= 15 is 0 Å². The predicted octanol–water partition coefficient (Wildman–Crippen LogP) is 10.4. The molecule has 1 amide bonds. The van der Waals surface area contributed by atoms with Gasteiger partial charge < -0.3 is 43.2 Å². The van der Waals surface area contributed by atoms with E-state index in [1.54, 1.807) is 25.3 Å². The smallest absolute Gasteiger partial charge is 0.397 e. The van der Waals surface area contributed by atoms with Crippen molar-refractivity contribution in [3.05, 3.63) is 114 Å². The number of carbonyl (C=O) groups excluding carboxylic acids is 1. The van der Waals surface area contributed by atoms with Crippen LogP contribution < -0.4 is 10.1 Å². The molecule has 69 heavy (non-hydrogen) atoms. The van der Waals surface area contributed by atoms with Gasteiger partial charge >= 0.3 is 10.4 Å². The third-order valence-electron chi connectivity index (χ3n) is 12.6. The second kappa shape index (κ2) is 31.6. The molecule has 2 fully saturated rings. The van der Waals surface area contributed by atoms with Crippen molar-refractivity contribution in [2.75, 3.05) is 46.8 Å². The highest BCUT2D eigenvalue weighted by atomic mass is 32.3. The average Bonchev–Trinajstić information content (AvgIpc) is 3.36. The summed E-state index contributed by atoms with van der Waals surface area (Å²) in [6, 6.07) is 26.0. The van der Waals surface area contributed by atoms with E-state index in [9.17, 15) is 17.8 Å². The zero-order chi connectivity index (χ0) is 49.0. The van der Waals surface area contributed by atoms with Gasteiger partial charge in [0.15, 0.2) is 12.6 Å². The Morgan fingerprint density at radius 2 is 1.30 bits per heavy atom. The summed E-state index contributed by atoms with van der Waals surface area (Å²) in [6.45, 7) is 6.20. The molecule has 14 nitrogen and oxygen atoms in total. The number of rotatable bonds is 35. The maximum Gasteiger partial charge on any atom is 0.397 e. The fourth-order valence-corrected chi connectivity index (χ4v) is 9.00. The lowest BCUT2D eigenvalue weighted by Gasteiger charge is -2.46. The van der Waals surface area contributed by atoms with E-state index in [4.69, 9.17) is 42.1 Å². The average molecular weight is 982 g/mol. The van der Waals surface area contributed by atoms with Gasteiger partial charge in [0.1, 0.15) is 30.1 Å². The van der Waals surface area contributed by atoms with E-state index in [1.165, 1.54) is 70.6 Å². The fraction of sp³-hybridized carbons (Fsp3) is 0.611. The van der Waals surface area contributed by atoms with Crippen LogP contribution in [0.3, 0.4) is 0 Å². The summed E-state index contributed by atoms with van der Waals surface area (Å²) in [7, 11) is -3.23. The number of nitrogens with one attached hydrogen (secondary N) is 1. The summed E-state index contributed by atoms with van der Waals surface area (Å²) in [4.78, 5) is 13.6. The van der Waals surface area contributed by atoms with Crippen LogP contribution in [0, 0.1) is 5.41 Å². The summed E-state index contributed by atoms with van der Waals surface area (Å²) in [5.74, 6) is 0.468. The molecule has 2 saturated heterocycles. The third kappa shape index (κ3) is 20.9. The molecule has 2 N–H and O–H groups in total. The molecule has 2 heterocycles. The highest BCUT2D eigenvalue weighted by Gasteiger charge is 2.49. The zero-order valence-corrected chi connectivity index (χ0v) is 41.9. The molecule has 3 aromatic rings. The van der Waals surface area contributed by atoms with Crippen LogP contribution in [0.4, 0.5) is 0 Å². The monoisotopic (exact) mass is 982 g/mol. The Morgan fingerprint density at radius 1 is 0.754 bits per heavy atom. The maximum atomic E-state index is 13.6. The van der Waals surface area contributed by atoms with Crippen molar-refractivity contribution in [1.82, 2.24) is 5.32 Å². The Bertz CT molecular complexity index is 1950. The van der Waals surface area contributed by atoms with Gasteiger partial charge in [0.25, 0.3) is 0 Å². The van der Waals surface area contributed by atoms with Crippen LogP contribution in [0.15, 0.2) is 97.6 Å². The Labute approximate surface area is 412 Å². The summed E-state index contributed by atoms with van der Waals surface area (Å²) < 4.78 is 89.2. The van der Waals surface area contributed by atoms with E-state index in [1.807, 2.05) is 72.8 Å². The lowest BCUT2D eigenvalue weighted by molar-refractivity contribution is -0.294. The lowest BCUT2D eigenvalue weighted by atomic mass is 9.91. The second-order valence-corrected chi connectivity index (χ2v) is 19.5. The van der Waals surface area contributed by atoms with Crippen molar-refractivity contribution in [2.45, 2.75) is 160 Å². The molecule has 0 bridgehead atoms. The highest BCUT2D eigenvalue weighted by molar-refractivity contribution is 7.80. The van der Waals surface area contributed by atoms with E-state index in [2.05, 4.69) is 18.8 Å². The van der Waals surface area contributed by atoms with Gasteiger partial charge in [-0.2, -0.15) is 8.42 Å². The normalized spacial score (nSPS) is 22.8. The first-order valence-electron chi connectivity index (χ1n) is 25.2. The van der Waals surface area contributed by atoms with Gasteiger partial charge in [0, 0.05) is 18.6 Å². The van der Waals surface area contributed by atoms with Crippen molar-refractivity contribution in [1.29, 1.82) is 0 Å².